The molecule has 2 amide bonds. The van der Waals surface area contributed by atoms with Crippen molar-refractivity contribution in [1.29, 1.82) is 0 Å². The second-order valence-electron chi connectivity index (χ2n) is 10.1. The van der Waals surface area contributed by atoms with Gasteiger partial charge in [0.15, 0.2) is 0 Å². The van der Waals surface area contributed by atoms with Gasteiger partial charge in [-0.3, -0.25) is 9.59 Å². The molecular formula is C24H36N3O2S+. The first-order valence-corrected chi connectivity index (χ1v) is 12.4. The minimum Gasteiger partial charge on any atom is -0.331 e. The van der Waals surface area contributed by atoms with Gasteiger partial charge in [0.25, 0.3) is 0 Å². The summed E-state index contributed by atoms with van der Waals surface area (Å²) in [5.41, 5.74) is 2.68. The molecular weight excluding hydrogens is 394 g/mol. The quantitative estimate of drug-likeness (QED) is 0.778. The molecule has 2 atom stereocenters. The number of quaternary nitrogens is 1. The van der Waals surface area contributed by atoms with E-state index in [0.717, 1.165) is 52.1 Å². The summed E-state index contributed by atoms with van der Waals surface area (Å²) in [7, 11) is 0. The van der Waals surface area contributed by atoms with E-state index >= 15 is 0 Å². The number of hydrogen-bond donors (Lipinski definition) is 1. The average Bonchev–Trinajstić information content (AvgIpc) is 3.53. The highest BCUT2D eigenvalue weighted by atomic mass is 32.2. The molecule has 1 aromatic rings. The number of hydrogen-bond acceptors (Lipinski definition) is 3. The highest BCUT2D eigenvalue weighted by molar-refractivity contribution is 8.01. The van der Waals surface area contributed by atoms with Crippen LogP contribution in [0.3, 0.4) is 0 Å². The standard InChI is InChI=1S/C24H35N3O2S/c1-17-21(28)27(23(30-17)19-7-9-20(10-8-19)24(2,3)4)16-13-25-11-14-26(15-12-25)22(29)18-5-6-18/h7-10,17-18,23H,5-6,11-16H2,1-4H3/p+1/t17-,23+/m0/s1. The maximum Gasteiger partial charge on any atom is 0.236 e. The lowest BCUT2D eigenvalue weighted by Crippen LogP contribution is -3.15. The Bertz CT molecular complexity index is 777. The van der Waals surface area contributed by atoms with E-state index in [1.807, 2.05) is 6.92 Å². The molecule has 0 radical (unpaired) electrons. The van der Waals surface area contributed by atoms with Crippen molar-refractivity contribution >= 4 is 23.6 Å². The van der Waals surface area contributed by atoms with Gasteiger partial charge in [-0.1, -0.05) is 45.0 Å². The van der Waals surface area contributed by atoms with Crippen molar-refractivity contribution in [2.45, 2.75) is 56.6 Å². The Morgan fingerprint density at radius 2 is 1.77 bits per heavy atom. The van der Waals surface area contributed by atoms with Crippen LogP contribution in [-0.2, 0) is 15.0 Å². The summed E-state index contributed by atoms with van der Waals surface area (Å²) in [4.78, 5) is 30.8. The molecule has 0 bridgehead atoms. The highest BCUT2D eigenvalue weighted by Crippen LogP contribution is 2.42. The van der Waals surface area contributed by atoms with Crippen molar-refractivity contribution in [2.24, 2.45) is 5.92 Å². The third-order valence-electron chi connectivity index (χ3n) is 6.72. The third-order valence-corrected chi connectivity index (χ3v) is 8.12. The minimum absolute atomic E-state index is 0.0142. The fourth-order valence-corrected chi connectivity index (χ4v) is 5.78. The van der Waals surface area contributed by atoms with Crippen molar-refractivity contribution in [2.75, 3.05) is 39.3 Å². The predicted molar refractivity (Wildman–Crippen MR) is 122 cm³/mol. The molecule has 6 heteroatoms. The largest absolute Gasteiger partial charge is 0.331 e. The van der Waals surface area contributed by atoms with Crippen molar-refractivity contribution in [3.63, 3.8) is 0 Å². The lowest BCUT2D eigenvalue weighted by molar-refractivity contribution is -0.903. The molecule has 1 saturated carbocycles. The number of piperazine rings is 1. The zero-order chi connectivity index (χ0) is 21.5. The van der Waals surface area contributed by atoms with Crippen LogP contribution in [0.2, 0.25) is 0 Å². The van der Waals surface area contributed by atoms with Gasteiger partial charge in [0.2, 0.25) is 11.8 Å². The molecule has 3 fully saturated rings. The van der Waals surface area contributed by atoms with Crippen LogP contribution in [-0.4, -0.2) is 66.1 Å². The Hall–Kier alpha value is -1.53. The number of nitrogens with one attached hydrogen (secondary N) is 1. The van der Waals surface area contributed by atoms with E-state index in [2.05, 4.69) is 54.8 Å². The van der Waals surface area contributed by atoms with Crippen LogP contribution in [0, 0.1) is 5.92 Å². The number of rotatable bonds is 5. The maximum atomic E-state index is 12.9. The predicted octanol–water partition coefficient (Wildman–Crippen LogP) is 2.08. The number of carbonyl (C=O) groups is 2. The molecule has 5 nitrogen and oxygen atoms in total. The Balaban J connectivity index is 1.35. The summed E-state index contributed by atoms with van der Waals surface area (Å²) in [6, 6.07) is 8.82. The summed E-state index contributed by atoms with van der Waals surface area (Å²) in [6.45, 7) is 14.2. The van der Waals surface area contributed by atoms with E-state index in [4.69, 9.17) is 0 Å². The molecule has 2 aliphatic heterocycles. The number of nitrogens with zero attached hydrogens (tertiary/aromatic N) is 2. The lowest BCUT2D eigenvalue weighted by atomic mass is 9.86. The lowest BCUT2D eigenvalue weighted by Gasteiger charge is -2.34. The monoisotopic (exact) mass is 430 g/mol. The number of thioether (sulfide) groups is 1. The van der Waals surface area contributed by atoms with Gasteiger partial charge in [-0.15, -0.1) is 11.8 Å². The second kappa shape index (κ2) is 8.54. The zero-order valence-corrected chi connectivity index (χ0v) is 19.6. The molecule has 1 aromatic carbocycles. The summed E-state index contributed by atoms with van der Waals surface area (Å²) in [5, 5.41) is 0.124. The van der Waals surface area contributed by atoms with Crippen molar-refractivity contribution in [3.05, 3.63) is 35.4 Å². The molecule has 0 unspecified atom stereocenters. The van der Waals surface area contributed by atoms with Crippen LogP contribution in [0.1, 0.15) is 57.0 Å². The molecule has 3 aliphatic rings. The van der Waals surface area contributed by atoms with E-state index in [1.165, 1.54) is 16.0 Å². The van der Waals surface area contributed by atoms with Crippen molar-refractivity contribution < 1.29 is 14.5 Å². The molecule has 4 rings (SSSR count). The van der Waals surface area contributed by atoms with Gasteiger partial charge in [0, 0.05) is 5.92 Å². The first kappa shape index (κ1) is 21.7. The van der Waals surface area contributed by atoms with Crippen LogP contribution < -0.4 is 4.90 Å². The number of carbonyl (C=O) groups excluding carboxylic acids is 2. The molecule has 2 heterocycles. The average molecular weight is 431 g/mol. The van der Waals surface area contributed by atoms with Gasteiger partial charge < -0.3 is 14.7 Å². The van der Waals surface area contributed by atoms with Gasteiger partial charge in [0.1, 0.15) is 5.37 Å². The fourth-order valence-electron chi connectivity index (χ4n) is 4.47. The number of amides is 2. The number of benzene rings is 1. The molecule has 0 aromatic heterocycles. The Morgan fingerprint density at radius 1 is 1.13 bits per heavy atom. The van der Waals surface area contributed by atoms with Crippen molar-refractivity contribution in [1.82, 2.24) is 9.80 Å². The van der Waals surface area contributed by atoms with E-state index in [1.54, 1.807) is 11.8 Å². The summed E-state index contributed by atoms with van der Waals surface area (Å²) in [5.74, 6) is 0.942. The smallest absolute Gasteiger partial charge is 0.236 e. The van der Waals surface area contributed by atoms with E-state index in [9.17, 15) is 9.59 Å². The van der Waals surface area contributed by atoms with Gasteiger partial charge >= 0.3 is 0 Å². The molecule has 2 saturated heterocycles. The zero-order valence-electron chi connectivity index (χ0n) is 18.8. The topological polar surface area (TPSA) is 45.1 Å². The maximum absolute atomic E-state index is 12.9. The Kier molecular flexibility index (Phi) is 6.18. The van der Waals surface area contributed by atoms with E-state index < -0.39 is 0 Å². The molecule has 164 valence electrons. The third kappa shape index (κ3) is 4.70. The highest BCUT2D eigenvalue weighted by Gasteiger charge is 2.39. The molecule has 30 heavy (non-hydrogen) atoms. The summed E-state index contributed by atoms with van der Waals surface area (Å²) >= 11 is 1.76. The Labute approximate surface area is 185 Å². The van der Waals surface area contributed by atoms with Gasteiger partial charge in [0.05, 0.1) is 44.5 Å². The fraction of sp³-hybridized carbons (Fsp3) is 0.667. The summed E-state index contributed by atoms with van der Waals surface area (Å²) in [6.07, 6.45) is 2.16. The van der Waals surface area contributed by atoms with Crippen molar-refractivity contribution in [3.8, 4) is 0 Å². The Morgan fingerprint density at radius 3 is 2.33 bits per heavy atom. The van der Waals surface area contributed by atoms with Crippen LogP contribution in [0.4, 0.5) is 0 Å². The first-order valence-electron chi connectivity index (χ1n) is 11.4. The van der Waals surface area contributed by atoms with Gasteiger partial charge in [-0.25, -0.2) is 0 Å². The van der Waals surface area contributed by atoms with E-state index in [0.29, 0.717) is 11.8 Å². The van der Waals surface area contributed by atoms with Crippen LogP contribution in [0.25, 0.3) is 0 Å². The van der Waals surface area contributed by atoms with Gasteiger partial charge in [-0.05, 0) is 36.3 Å². The minimum atomic E-state index is 0.0142. The van der Waals surface area contributed by atoms with Crippen LogP contribution in [0.5, 0.6) is 0 Å². The van der Waals surface area contributed by atoms with E-state index in [-0.39, 0.29) is 21.9 Å². The molecule has 1 N–H and O–H groups in total. The molecule has 1 aliphatic carbocycles. The normalized spacial score (nSPS) is 25.8. The second-order valence-corrected chi connectivity index (χ2v) is 11.6. The first-order chi connectivity index (χ1) is 14.2. The van der Waals surface area contributed by atoms with Crippen LogP contribution in [0.15, 0.2) is 24.3 Å². The summed E-state index contributed by atoms with van der Waals surface area (Å²) < 4.78 is 0. The SMILES string of the molecule is C[C@@H]1S[C@H](c2ccc(C(C)(C)C)cc2)N(CC[NH+]2CCN(C(=O)C3CC3)CC2)C1=O. The van der Waals surface area contributed by atoms with Gasteiger partial charge in [-0.2, -0.15) is 0 Å². The molecule has 0 spiro atoms. The van der Waals surface area contributed by atoms with Crippen LogP contribution >= 0.6 is 11.8 Å².